The van der Waals surface area contributed by atoms with Crippen LogP contribution in [0.25, 0.3) is 0 Å². The van der Waals surface area contributed by atoms with E-state index in [1.165, 1.54) is 4.90 Å². The minimum absolute atomic E-state index is 0.157. The van der Waals surface area contributed by atoms with Gasteiger partial charge in [-0.25, -0.2) is 0 Å². The highest BCUT2D eigenvalue weighted by atomic mass is 19.4. The standard InChI is InChI=1S/C15H20F3N5/c1-3-11-12(7-19)14(22-21-13(11)4-2)20-10-5-6-23(8-10)9-15(16,17)18/h10H,3-6,8-9H2,1-2H3,(H,20,22). The number of likely N-dealkylation sites (tertiary alicyclic amines) is 1. The number of halogens is 3. The maximum atomic E-state index is 12.4. The van der Waals surface area contributed by atoms with E-state index < -0.39 is 12.7 Å². The molecule has 1 aliphatic heterocycles. The number of anilines is 1. The first-order chi connectivity index (χ1) is 10.9. The summed E-state index contributed by atoms with van der Waals surface area (Å²) in [4.78, 5) is 1.36. The second-order valence-corrected chi connectivity index (χ2v) is 5.65. The molecule has 1 aromatic heterocycles. The van der Waals surface area contributed by atoms with Crippen LogP contribution in [0.5, 0.6) is 0 Å². The highest BCUT2D eigenvalue weighted by Crippen LogP contribution is 2.24. The summed E-state index contributed by atoms with van der Waals surface area (Å²) < 4.78 is 37.3. The van der Waals surface area contributed by atoms with E-state index in [2.05, 4.69) is 21.6 Å². The van der Waals surface area contributed by atoms with E-state index in [-0.39, 0.29) is 12.6 Å². The molecule has 2 heterocycles. The third-order valence-corrected chi connectivity index (χ3v) is 3.97. The molecular formula is C15H20F3N5. The van der Waals surface area contributed by atoms with Crippen LogP contribution < -0.4 is 5.32 Å². The molecule has 0 bridgehead atoms. The van der Waals surface area contributed by atoms with Crippen LogP contribution in [0.2, 0.25) is 0 Å². The first-order valence-corrected chi connectivity index (χ1v) is 7.72. The summed E-state index contributed by atoms with van der Waals surface area (Å²) in [6, 6.07) is 2.00. The maximum Gasteiger partial charge on any atom is 0.401 e. The van der Waals surface area contributed by atoms with Gasteiger partial charge in [-0.15, -0.1) is 5.10 Å². The van der Waals surface area contributed by atoms with Gasteiger partial charge in [-0.3, -0.25) is 4.90 Å². The highest BCUT2D eigenvalue weighted by Gasteiger charge is 2.34. The molecule has 2 rings (SSSR count). The molecule has 126 valence electrons. The zero-order valence-corrected chi connectivity index (χ0v) is 13.2. The largest absolute Gasteiger partial charge is 0.401 e. The molecule has 5 nitrogen and oxygen atoms in total. The van der Waals surface area contributed by atoms with E-state index in [4.69, 9.17) is 0 Å². The fourth-order valence-electron chi connectivity index (χ4n) is 2.94. The zero-order chi connectivity index (χ0) is 17.0. The Bertz CT molecular complexity index is 594. The van der Waals surface area contributed by atoms with Crippen LogP contribution in [0.3, 0.4) is 0 Å². The van der Waals surface area contributed by atoms with Gasteiger partial charge in [0, 0.05) is 19.1 Å². The van der Waals surface area contributed by atoms with E-state index in [0.717, 1.165) is 11.3 Å². The van der Waals surface area contributed by atoms with Gasteiger partial charge in [0.05, 0.1) is 12.2 Å². The minimum Gasteiger partial charge on any atom is -0.363 e. The first kappa shape index (κ1) is 17.5. The van der Waals surface area contributed by atoms with Crippen molar-refractivity contribution in [3.63, 3.8) is 0 Å². The second kappa shape index (κ2) is 7.13. The predicted octanol–water partition coefficient (Wildman–Crippen LogP) is 2.52. The second-order valence-electron chi connectivity index (χ2n) is 5.65. The summed E-state index contributed by atoms with van der Waals surface area (Å²) >= 11 is 0. The smallest absolute Gasteiger partial charge is 0.363 e. The Morgan fingerprint density at radius 2 is 2.04 bits per heavy atom. The molecule has 1 unspecified atom stereocenters. The average Bonchev–Trinajstić information content (AvgIpc) is 2.91. The zero-order valence-electron chi connectivity index (χ0n) is 13.2. The van der Waals surface area contributed by atoms with Crippen molar-refractivity contribution in [1.82, 2.24) is 15.1 Å². The summed E-state index contributed by atoms with van der Waals surface area (Å²) in [6.45, 7) is 3.64. The molecule has 0 aliphatic carbocycles. The molecule has 1 aromatic rings. The summed E-state index contributed by atoms with van der Waals surface area (Å²) in [5.74, 6) is 0.375. The SMILES string of the molecule is CCc1nnc(NC2CCN(CC(F)(F)F)C2)c(C#N)c1CC. The van der Waals surface area contributed by atoms with Gasteiger partial charge in [-0.2, -0.15) is 23.5 Å². The number of aromatic nitrogens is 2. The van der Waals surface area contributed by atoms with Crippen molar-refractivity contribution in [2.24, 2.45) is 0 Å². The number of hydrogen-bond acceptors (Lipinski definition) is 5. The number of aryl methyl sites for hydroxylation is 1. The molecule has 0 amide bonds. The normalized spacial score (nSPS) is 18.9. The molecule has 23 heavy (non-hydrogen) atoms. The molecule has 0 saturated carbocycles. The Hall–Kier alpha value is -1.88. The molecule has 1 fully saturated rings. The van der Waals surface area contributed by atoms with Gasteiger partial charge < -0.3 is 5.32 Å². The van der Waals surface area contributed by atoms with E-state index in [1.807, 2.05) is 13.8 Å². The lowest BCUT2D eigenvalue weighted by atomic mass is 10.0. The van der Waals surface area contributed by atoms with Gasteiger partial charge >= 0.3 is 6.18 Å². The molecule has 1 N–H and O–H groups in total. The van der Waals surface area contributed by atoms with E-state index in [0.29, 0.717) is 37.2 Å². The lowest BCUT2D eigenvalue weighted by molar-refractivity contribution is -0.143. The van der Waals surface area contributed by atoms with Crippen molar-refractivity contribution in [3.05, 3.63) is 16.8 Å². The van der Waals surface area contributed by atoms with Gasteiger partial charge in [-0.1, -0.05) is 13.8 Å². The molecule has 1 aliphatic rings. The third kappa shape index (κ3) is 4.32. The van der Waals surface area contributed by atoms with Gasteiger partial charge in [0.25, 0.3) is 0 Å². The van der Waals surface area contributed by atoms with Crippen molar-refractivity contribution in [1.29, 1.82) is 5.26 Å². The number of hydrogen-bond donors (Lipinski definition) is 1. The minimum atomic E-state index is -4.19. The van der Waals surface area contributed by atoms with Crippen LogP contribution in [0.1, 0.15) is 37.1 Å². The molecule has 8 heteroatoms. The maximum absolute atomic E-state index is 12.4. The molecule has 0 aromatic carbocycles. The number of alkyl halides is 3. The Kier molecular flexibility index (Phi) is 5.42. The average molecular weight is 327 g/mol. The molecule has 1 atom stereocenters. The monoisotopic (exact) mass is 327 g/mol. The van der Waals surface area contributed by atoms with E-state index >= 15 is 0 Å². The van der Waals surface area contributed by atoms with Gasteiger partial charge in [-0.05, 0) is 24.8 Å². The van der Waals surface area contributed by atoms with Crippen molar-refractivity contribution in [2.45, 2.75) is 45.3 Å². The Morgan fingerprint density at radius 1 is 1.30 bits per heavy atom. The van der Waals surface area contributed by atoms with Crippen LogP contribution in [0.4, 0.5) is 19.0 Å². The molecule has 1 saturated heterocycles. The van der Waals surface area contributed by atoms with Crippen molar-refractivity contribution in [2.75, 3.05) is 25.0 Å². The highest BCUT2D eigenvalue weighted by molar-refractivity contribution is 5.57. The lowest BCUT2D eigenvalue weighted by Gasteiger charge is -2.19. The number of nitriles is 1. The van der Waals surface area contributed by atoms with Crippen LogP contribution in [-0.4, -0.2) is 46.9 Å². The summed E-state index contributed by atoms with van der Waals surface area (Å²) in [7, 11) is 0. The Labute approximate surface area is 133 Å². The summed E-state index contributed by atoms with van der Waals surface area (Å²) in [5.41, 5.74) is 2.10. The predicted molar refractivity (Wildman–Crippen MR) is 80.0 cm³/mol. The first-order valence-electron chi connectivity index (χ1n) is 7.72. The van der Waals surface area contributed by atoms with E-state index in [1.54, 1.807) is 0 Å². The van der Waals surface area contributed by atoms with Crippen LogP contribution in [-0.2, 0) is 12.8 Å². The van der Waals surface area contributed by atoms with Gasteiger partial charge in [0.1, 0.15) is 11.6 Å². The summed E-state index contributed by atoms with van der Waals surface area (Å²) in [5, 5.41) is 20.7. The van der Waals surface area contributed by atoms with Crippen molar-refractivity contribution >= 4 is 5.82 Å². The molecule has 0 spiro atoms. The Balaban J connectivity index is 2.11. The van der Waals surface area contributed by atoms with Gasteiger partial charge in [0.15, 0.2) is 5.82 Å². The van der Waals surface area contributed by atoms with Crippen molar-refractivity contribution < 1.29 is 13.2 Å². The third-order valence-electron chi connectivity index (χ3n) is 3.97. The lowest BCUT2D eigenvalue weighted by Crippen LogP contribution is -2.34. The quantitative estimate of drug-likeness (QED) is 0.900. The summed E-state index contributed by atoms with van der Waals surface area (Å²) in [6.07, 6.45) is -2.25. The van der Waals surface area contributed by atoms with Crippen LogP contribution in [0.15, 0.2) is 0 Å². The van der Waals surface area contributed by atoms with Crippen molar-refractivity contribution in [3.8, 4) is 6.07 Å². The molecular weight excluding hydrogens is 307 g/mol. The Morgan fingerprint density at radius 3 is 2.61 bits per heavy atom. The number of nitrogens with one attached hydrogen (secondary N) is 1. The van der Waals surface area contributed by atoms with Crippen LogP contribution in [0, 0.1) is 11.3 Å². The topological polar surface area (TPSA) is 64.8 Å². The number of rotatable bonds is 5. The fraction of sp³-hybridized carbons (Fsp3) is 0.667. The van der Waals surface area contributed by atoms with E-state index in [9.17, 15) is 18.4 Å². The van der Waals surface area contributed by atoms with Crippen LogP contribution >= 0.6 is 0 Å². The molecule has 0 radical (unpaired) electrons. The number of nitrogens with zero attached hydrogens (tertiary/aromatic N) is 4. The fourth-order valence-corrected chi connectivity index (χ4v) is 2.94. The van der Waals surface area contributed by atoms with Gasteiger partial charge in [0.2, 0.25) is 0 Å².